The Morgan fingerprint density at radius 3 is 2.50 bits per heavy atom. The fraction of sp³-hybridized carbons (Fsp3) is 0.533. The van der Waals surface area contributed by atoms with Crippen molar-refractivity contribution in [3.8, 4) is 5.75 Å². The summed E-state index contributed by atoms with van der Waals surface area (Å²) in [5.74, 6) is 0.857. The Labute approximate surface area is 108 Å². The molecule has 1 aliphatic rings. The summed E-state index contributed by atoms with van der Waals surface area (Å²) in [5.41, 5.74) is 0.0518. The Kier molecular flexibility index (Phi) is 3.71. The SMILES string of the molecule is CC(C)Oc1ccc(C(=O)C2(C)CCCO2)cc1. The molecule has 0 aliphatic carbocycles. The summed E-state index contributed by atoms with van der Waals surface area (Å²) in [6.07, 6.45) is 1.90. The normalized spacial score (nSPS) is 23.3. The van der Waals surface area contributed by atoms with E-state index in [-0.39, 0.29) is 11.9 Å². The molecule has 3 heteroatoms. The molecule has 1 aliphatic heterocycles. The van der Waals surface area contributed by atoms with Crippen LogP contribution < -0.4 is 4.74 Å². The Bertz CT molecular complexity index is 414. The molecule has 0 amide bonds. The van der Waals surface area contributed by atoms with Gasteiger partial charge >= 0.3 is 0 Å². The van der Waals surface area contributed by atoms with Gasteiger partial charge < -0.3 is 9.47 Å². The van der Waals surface area contributed by atoms with E-state index in [1.807, 2.05) is 45.0 Å². The summed E-state index contributed by atoms with van der Waals surface area (Å²) < 4.78 is 11.1. The van der Waals surface area contributed by atoms with E-state index in [9.17, 15) is 4.79 Å². The van der Waals surface area contributed by atoms with E-state index in [4.69, 9.17) is 9.47 Å². The van der Waals surface area contributed by atoms with Crippen LogP contribution in [0.25, 0.3) is 0 Å². The molecule has 0 saturated carbocycles. The second-order valence-corrected chi connectivity index (χ2v) is 5.20. The van der Waals surface area contributed by atoms with Crippen LogP contribution in [-0.4, -0.2) is 24.1 Å². The highest BCUT2D eigenvalue weighted by atomic mass is 16.5. The van der Waals surface area contributed by atoms with E-state index >= 15 is 0 Å². The van der Waals surface area contributed by atoms with Crippen LogP contribution in [0, 0.1) is 0 Å². The molecule has 0 aromatic heterocycles. The smallest absolute Gasteiger partial charge is 0.194 e. The molecule has 1 fully saturated rings. The van der Waals surface area contributed by atoms with Crippen LogP contribution >= 0.6 is 0 Å². The standard InChI is InChI=1S/C15H20O3/c1-11(2)18-13-7-5-12(6-8-13)14(16)15(3)9-4-10-17-15/h5-8,11H,4,9-10H2,1-3H3. The third-order valence-electron chi connectivity index (χ3n) is 3.19. The summed E-state index contributed by atoms with van der Waals surface area (Å²) in [4.78, 5) is 12.3. The van der Waals surface area contributed by atoms with Crippen molar-refractivity contribution < 1.29 is 14.3 Å². The van der Waals surface area contributed by atoms with Gasteiger partial charge in [-0.2, -0.15) is 0 Å². The highest BCUT2D eigenvalue weighted by Gasteiger charge is 2.37. The maximum absolute atomic E-state index is 12.3. The number of hydrogen-bond acceptors (Lipinski definition) is 3. The first-order valence-corrected chi connectivity index (χ1v) is 6.47. The second kappa shape index (κ2) is 5.11. The van der Waals surface area contributed by atoms with Crippen molar-refractivity contribution >= 4 is 5.78 Å². The molecule has 1 heterocycles. The number of hydrogen-bond donors (Lipinski definition) is 0. The molecule has 1 aromatic carbocycles. The van der Waals surface area contributed by atoms with Gasteiger partial charge in [0.25, 0.3) is 0 Å². The van der Waals surface area contributed by atoms with Gasteiger partial charge in [-0.1, -0.05) is 0 Å². The molecule has 3 nitrogen and oxygen atoms in total. The van der Waals surface area contributed by atoms with Gasteiger partial charge in [-0.25, -0.2) is 0 Å². The predicted octanol–water partition coefficient (Wildman–Crippen LogP) is 3.23. The van der Waals surface area contributed by atoms with Crippen LogP contribution in [0.3, 0.4) is 0 Å². The van der Waals surface area contributed by atoms with Gasteiger partial charge in [0.15, 0.2) is 5.78 Å². The molecular weight excluding hydrogens is 228 g/mol. The molecule has 1 saturated heterocycles. The number of ketones is 1. The summed E-state index contributed by atoms with van der Waals surface area (Å²) in [6.45, 7) is 6.51. The van der Waals surface area contributed by atoms with Crippen LogP contribution in [0.1, 0.15) is 44.0 Å². The lowest BCUT2D eigenvalue weighted by atomic mass is 9.92. The maximum Gasteiger partial charge on any atom is 0.194 e. The van der Waals surface area contributed by atoms with Crippen LogP contribution in [0.2, 0.25) is 0 Å². The number of carbonyl (C=O) groups is 1. The fourth-order valence-corrected chi connectivity index (χ4v) is 2.22. The Morgan fingerprint density at radius 1 is 1.33 bits per heavy atom. The largest absolute Gasteiger partial charge is 0.491 e. The molecule has 98 valence electrons. The van der Waals surface area contributed by atoms with E-state index in [2.05, 4.69) is 0 Å². The average molecular weight is 248 g/mol. The summed E-state index contributed by atoms with van der Waals surface area (Å²) >= 11 is 0. The minimum atomic E-state index is -0.638. The lowest BCUT2D eigenvalue weighted by Gasteiger charge is -2.21. The molecule has 2 rings (SSSR count). The van der Waals surface area contributed by atoms with Crippen molar-refractivity contribution in [2.24, 2.45) is 0 Å². The lowest BCUT2D eigenvalue weighted by Crippen LogP contribution is -2.34. The zero-order chi connectivity index (χ0) is 13.2. The minimum Gasteiger partial charge on any atom is -0.491 e. The molecule has 1 aromatic rings. The van der Waals surface area contributed by atoms with Gasteiger partial charge in [0, 0.05) is 12.2 Å². The van der Waals surface area contributed by atoms with Crippen molar-refractivity contribution in [2.75, 3.05) is 6.61 Å². The van der Waals surface area contributed by atoms with Crippen LogP contribution in [0.4, 0.5) is 0 Å². The quantitative estimate of drug-likeness (QED) is 0.767. The van der Waals surface area contributed by atoms with Gasteiger partial charge in [-0.05, 0) is 57.9 Å². The summed E-state index contributed by atoms with van der Waals surface area (Å²) in [5, 5.41) is 0. The molecule has 0 spiro atoms. The van der Waals surface area contributed by atoms with Crippen molar-refractivity contribution in [3.63, 3.8) is 0 Å². The first kappa shape index (κ1) is 13.1. The van der Waals surface area contributed by atoms with E-state index in [1.54, 1.807) is 0 Å². The van der Waals surface area contributed by atoms with E-state index in [0.29, 0.717) is 12.2 Å². The van der Waals surface area contributed by atoms with Crippen molar-refractivity contribution in [3.05, 3.63) is 29.8 Å². The van der Waals surface area contributed by atoms with Gasteiger partial charge in [0.2, 0.25) is 0 Å². The van der Waals surface area contributed by atoms with Crippen LogP contribution in [0.5, 0.6) is 5.75 Å². The third-order valence-corrected chi connectivity index (χ3v) is 3.19. The number of ether oxygens (including phenoxy) is 2. The first-order chi connectivity index (χ1) is 8.51. The number of Topliss-reactive ketones (excluding diaryl/α,β-unsaturated/α-hetero) is 1. The Hall–Kier alpha value is -1.35. The predicted molar refractivity (Wildman–Crippen MR) is 70.1 cm³/mol. The molecule has 18 heavy (non-hydrogen) atoms. The average Bonchev–Trinajstić information content (AvgIpc) is 2.77. The van der Waals surface area contributed by atoms with E-state index < -0.39 is 5.60 Å². The fourth-order valence-electron chi connectivity index (χ4n) is 2.22. The van der Waals surface area contributed by atoms with Gasteiger partial charge in [0.1, 0.15) is 11.4 Å². The summed E-state index contributed by atoms with van der Waals surface area (Å²) in [6, 6.07) is 7.30. The number of benzene rings is 1. The number of carbonyl (C=O) groups excluding carboxylic acids is 1. The van der Waals surface area contributed by atoms with Crippen molar-refractivity contribution in [1.82, 2.24) is 0 Å². The number of rotatable bonds is 4. The molecule has 1 unspecified atom stereocenters. The third kappa shape index (κ3) is 2.72. The highest BCUT2D eigenvalue weighted by Crippen LogP contribution is 2.29. The van der Waals surface area contributed by atoms with Gasteiger partial charge in [-0.3, -0.25) is 4.79 Å². The molecule has 0 bridgehead atoms. The molecule has 0 N–H and O–H groups in total. The maximum atomic E-state index is 12.3. The van der Waals surface area contributed by atoms with Crippen LogP contribution in [0.15, 0.2) is 24.3 Å². The van der Waals surface area contributed by atoms with E-state index in [0.717, 1.165) is 18.6 Å². The topological polar surface area (TPSA) is 35.5 Å². The van der Waals surface area contributed by atoms with Crippen LogP contribution in [-0.2, 0) is 4.74 Å². The highest BCUT2D eigenvalue weighted by molar-refractivity contribution is 6.02. The minimum absolute atomic E-state index is 0.0658. The van der Waals surface area contributed by atoms with Gasteiger partial charge in [0.05, 0.1) is 6.10 Å². The summed E-state index contributed by atoms with van der Waals surface area (Å²) in [7, 11) is 0. The Morgan fingerprint density at radius 2 is 2.00 bits per heavy atom. The molecule has 0 radical (unpaired) electrons. The molecular formula is C15H20O3. The van der Waals surface area contributed by atoms with Crippen molar-refractivity contribution in [1.29, 1.82) is 0 Å². The Balaban J connectivity index is 2.12. The monoisotopic (exact) mass is 248 g/mol. The molecule has 1 atom stereocenters. The zero-order valence-electron chi connectivity index (χ0n) is 11.2. The van der Waals surface area contributed by atoms with Gasteiger partial charge in [-0.15, -0.1) is 0 Å². The second-order valence-electron chi connectivity index (χ2n) is 5.20. The van der Waals surface area contributed by atoms with Crippen molar-refractivity contribution in [2.45, 2.75) is 45.3 Å². The van der Waals surface area contributed by atoms with E-state index in [1.165, 1.54) is 0 Å². The first-order valence-electron chi connectivity index (χ1n) is 6.47. The zero-order valence-corrected chi connectivity index (χ0v) is 11.2. The lowest BCUT2D eigenvalue weighted by molar-refractivity contribution is 0.0213.